The highest BCUT2D eigenvalue weighted by Gasteiger charge is 2.21. The molecule has 0 bridgehead atoms. The molecular weight excluding hydrogens is 356 g/mol. The molecule has 1 saturated heterocycles. The van der Waals surface area contributed by atoms with E-state index in [1.54, 1.807) is 0 Å². The number of nitrogens with zero attached hydrogens (tertiary/aromatic N) is 4. The minimum atomic E-state index is 1.04. The van der Waals surface area contributed by atoms with Crippen LogP contribution in [-0.2, 0) is 6.42 Å². The summed E-state index contributed by atoms with van der Waals surface area (Å²) in [6, 6.07) is 21.3. The number of hydrogen-bond acceptors (Lipinski definition) is 3. The molecule has 0 amide bonds. The summed E-state index contributed by atoms with van der Waals surface area (Å²) in [6.45, 7) is 5.48. The normalized spacial score (nSPS) is 18.8. The van der Waals surface area contributed by atoms with Crippen LogP contribution in [0.25, 0.3) is 11.3 Å². The van der Waals surface area contributed by atoms with Gasteiger partial charge >= 0.3 is 0 Å². The Kier molecular flexibility index (Phi) is 5.18. The molecule has 1 fully saturated rings. The SMILES string of the molecule is C(/CN1CCN(c2ccccc2)CC1)=C1\CCCc2c1cnn2-c1ccccc1. The average molecular weight is 385 g/mol. The van der Waals surface area contributed by atoms with Crippen LogP contribution in [0.4, 0.5) is 5.69 Å². The number of fused-ring (bicyclic) bond motifs is 1. The van der Waals surface area contributed by atoms with Crippen molar-refractivity contribution in [2.45, 2.75) is 19.3 Å². The van der Waals surface area contributed by atoms with Crippen molar-refractivity contribution in [3.8, 4) is 5.69 Å². The highest BCUT2D eigenvalue weighted by molar-refractivity contribution is 5.69. The monoisotopic (exact) mass is 384 g/mol. The van der Waals surface area contributed by atoms with E-state index in [2.05, 4.69) is 87.4 Å². The summed E-state index contributed by atoms with van der Waals surface area (Å²) in [5.74, 6) is 0. The summed E-state index contributed by atoms with van der Waals surface area (Å²) in [7, 11) is 0. The number of benzene rings is 2. The van der Waals surface area contributed by atoms with Crippen LogP contribution in [0.15, 0.2) is 72.9 Å². The maximum Gasteiger partial charge on any atom is 0.0649 e. The van der Waals surface area contributed by atoms with E-state index in [0.29, 0.717) is 0 Å². The second-order valence-electron chi connectivity index (χ2n) is 7.96. The van der Waals surface area contributed by atoms with Crippen molar-refractivity contribution in [2.75, 3.05) is 37.6 Å². The molecule has 1 aromatic heterocycles. The Labute approximate surface area is 173 Å². The minimum Gasteiger partial charge on any atom is -0.369 e. The molecule has 0 atom stereocenters. The molecule has 2 aromatic carbocycles. The quantitative estimate of drug-likeness (QED) is 0.666. The van der Waals surface area contributed by atoms with E-state index in [1.807, 2.05) is 0 Å². The molecule has 4 nitrogen and oxygen atoms in total. The Morgan fingerprint density at radius 1 is 0.793 bits per heavy atom. The van der Waals surface area contributed by atoms with E-state index in [-0.39, 0.29) is 0 Å². The van der Waals surface area contributed by atoms with Crippen LogP contribution in [0, 0.1) is 0 Å². The van der Waals surface area contributed by atoms with Gasteiger partial charge in [-0.3, -0.25) is 4.90 Å². The lowest BCUT2D eigenvalue weighted by molar-refractivity contribution is 0.284. The predicted octanol–water partition coefficient (Wildman–Crippen LogP) is 4.41. The number of piperazine rings is 1. The summed E-state index contributed by atoms with van der Waals surface area (Å²) in [5.41, 5.74) is 6.69. The molecule has 1 aliphatic heterocycles. The van der Waals surface area contributed by atoms with Gasteiger partial charge in [0.1, 0.15) is 0 Å². The molecule has 5 rings (SSSR count). The number of hydrogen-bond donors (Lipinski definition) is 0. The van der Waals surface area contributed by atoms with Crippen LogP contribution >= 0.6 is 0 Å². The second kappa shape index (κ2) is 8.26. The van der Waals surface area contributed by atoms with Crippen molar-refractivity contribution < 1.29 is 0 Å². The summed E-state index contributed by atoms with van der Waals surface area (Å²) < 4.78 is 2.13. The van der Waals surface area contributed by atoms with E-state index >= 15 is 0 Å². The van der Waals surface area contributed by atoms with Crippen molar-refractivity contribution in [3.05, 3.63) is 84.2 Å². The minimum absolute atomic E-state index is 1.04. The van der Waals surface area contributed by atoms with Gasteiger partial charge in [-0.05, 0) is 49.1 Å². The number of aromatic nitrogens is 2. The Morgan fingerprint density at radius 3 is 2.21 bits per heavy atom. The van der Waals surface area contributed by atoms with Gasteiger partial charge in [0.2, 0.25) is 0 Å². The fraction of sp³-hybridized carbons (Fsp3) is 0.320. The Morgan fingerprint density at radius 2 is 1.48 bits per heavy atom. The maximum absolute atomic E-state index is 4.71. The lowest BCUT2D eigenvalue weighted by Gasteiger charge is -2.35. The Bertz CT molecular complexity index is 967. The molecule has 2 aliphatic rings. The van der Waals surface area contributed by atoms with Crippen LogP contribution in [0.3, 0.4) is 0 Å². The van der Waals surface area contributed by atoms with E-state index in [9.17, 15) is 0 Å². The maximum atomic E-state index is 4.71. The van der Waals surface area contributed by atoms with Gasteiger partial charge in [-0.15, -0.1) is 0 Å². The standard InChI is InChI=1S/C25H28N4/c1-3-9-22(10-4-1)28-18-16-27(17-19-28)15-14-21-8-7-13-25-24(21)20-26-29(25)23-11-5-2-6-12-23/h1-6,9-12,14,20H,7-8,13,15-19H2/b21-14-. The molecule has 0 unspecified atom stereocenters. The lowest BCUT2D eigenvalue weighted by atomic mass is 9.92. The third-order valence-electron chi connectivity index (χ3n) is 6.16. The fourth-order valence-corrected chi connectivity index (χ4v) is 4.53. The summed E-state index contributed by atoms with van der Waals surface area (Å²) >= 11 is 0. The number of rotatable bonds is 4. The van der Waals surface area contributed by atoms with Gasteiger partial charge in [0.25, 0.3) is 0 Å². The molecule has 0 saturated carbocycles. The van der Waals surface area contributed by atoms with Gasteiger partial charge in [0.05, 0.1) is 17.6 Å². The highest BCUT2D eigenvalue weighted by atomic mass is 15.3. The summed E-state index contributed by atoms with van der Waals surface area (Å²) in [6.07, 6.45) is 8.00. The summed E-state index contributed by atoms with van der Waals surface area (Å²) in [4.78, 5) is 5.06. The third kappa shape index (κ3) is 3.85. The van der Waals surface area contributed by atoms with E-state index < -0.39 is 0 Å². The highest BCUT2D eigenvalue weighted by Crippen LogP contribution is 2.32. The Hall–Kier alpha value is -2.85. The molecule has 1 aliphatic carbocycles. The zero-order valence-electron chi connectivity index (χ0n) is 16.9. The van der Waals surface area contributed by atoms with Gasteiger partial charge in [-0.1, -0.05) is 42.5 Å². The first-order valence-electron chi connectivity index (χ1n) is 10.7. The first-order chi connectivity index (χ1) is 14.4. The van der Waals surface area contributed by atoms with Gasteiger partial charge in [0, 0.05) is 44.0 Å². The van der Waals surface area contributed by atoms with E-state index in [1.165, 1.54) is 28.9 Å². The number of para-hydroxylation sites is 2. The zero-order chi connectivity index (χ0) is 19.5. The summed E-state index contributed by atoms with van der Waals surface area (Å²) in [5, 5.41) is 4.71. The van der Waals surface area contributed by atoms with Gasteiger partial charge in [-0.2, -0.15) is 5.10 Å². The molecule has 2 heterocycles. The van der Waals surface area contributed by atoms with Crippen LogP contribution in [0.1, 0.15) is 24.1 Å². The van der Waals surface area contributed by atoms with Crippen molar-refractivity contribution in [2.24, 2.45) is 0 Å². The number of anilines is 1. The molecular formula is C25H28N4. The van der Waals surface area contributed by atoms with Crippen LogP contribution < -0.4 is 4.90 Å². The molecule has 4 heteroatoms. The molecule has 0 radical (unpaired) electrons. The van der Waals surface area contributed by atoms with Crippen molar-refractivity contribution in [3.63, 3.8) is 0 Å². The van der Waals surface area contributed by atoms with Crippen molar-refractivity contribution in [1.29, 1.82) is 0 Å². The largest absolute Gasteiger partial charge is 0.369 e. The van der Waals surface area contributed by atoms with Crippen LogP contribution in [-0.4, -0.2) is 47.4 Å². The Balaban J connectivity index is 1.26. The van der Waals surface area contributed by atoms with Crippen molar-refractivity contribution >= 4 is 11.3 Å². The first-order valence-corrected chi connectivity index (χ1v) is 10.7. The van der Waals surface area contributed by atoms with Gasteiger partial charge in [0.15, 0.2) is 0 Å². The predicted molar refractivity (Wildman–Crippen MR) is 120 cm³/mol. The smallest absolute Gasteiger partial charge is 0.0649 e. The molecule has 0 N–H and O–H groups in total. The topological polar surface area (TPSA) is 24.3 Å². The van der Waals surface area contributed by atoms with Gasteiger partial charge in [-0.25, -0.2) is 4.68 Å². The van der Waals surface area contributed by atoms with Crippen molar-refractivity contribution in [1.82, 2.24) is 14.7 Å². The average Bonchev–Trinajstić information content (AvgIpc) is 3.24. The van der Waals surface area contributed by atoms with Crippen LogP contribution in [0.2, 0.25) is 0 Å². The van der Waals surface area contributed by atoms with E-state index in [0.717, 1.165) is 51.3 Å². The molecule has 148 valence electrons. The fourth-order valence-electron chi connectivity index (χ4n) is 4.53. The molecule has 0 spiro atoms. The second-order valence-corrected chi connectivity index (χ2v) is 7.96. The number of allylic oxidation sites excluding steroid dienone is 1. The zero-order valence-corrected chi connectivity index (χ0v) is 16.9. The van der Waals surface area contributed by atoms with E-state index in [4.69, 9.17) is 5.10 Å². The lowest BCUT2D eigenvalue weighted by Crippen LogP contribution is -2.46. The van der Waals surface area contributed by atoms with Gasteiger partial charge < -0.3 is 4.90 Å². The van der Waals surface area contributed by atoms with Crippen LogP contribution in [0.5, 0.6) is 0 Å². The first kappa shape index (κ1) is 18.2. The molecule has 29 heavy (non-hydrogen) atoms. The molecule has 3 aromatic rings. The third-order valence-corrected chi connectivity index (χ3v) is 6.16.